The summed E-state index contributed by atoms with van der Waals surface area (Å²) in [5.74, 6) is 0.271. The number of phenolic OH excluding ortho intramolecular Hbond substituents is 1. The highest BCUT2D eigenvalue weighted by Crippen LogP contribution is 2.22. The Morgan fingerprint density at radius 2 is 2.00 bits per heavy atom. The van der Waals surface area contributed by atoms with E-state index >= 15 is 0 Å². The lowest BCUT2D eigenvalue weighted by Crippen LogP contribution is -2.34. The molecule has 0 saturated carbocycles. The molecule has 1 amide bonds. The molecule has 6 heteroatoms. The molecule has 0 aliphatic rings. The molecule has 5 nitrogen and oxygen atoms in total. The van der Waals surface area contributed by atoms with Gasteiger partial charge in [-0.2, -0.15) is 5.10 Å². The molecule has 0 aliphatic carbocycles. The molecular weight excluding hydrogens is 328 g/mol. The van der Waals surface area contributed by atoms with Crippen LogP contribution in [0.4, 0.5) is 0 Å². The maximum Gasteiger partial charge on any atom is 0.280 e. The lowest BCUT2D eigenvalue weighted by Gasteiger charge is -2.14. The Balaban J connectivity index is 1.99. The van der Waals surface area contributed by atoms with Gasteiger partial charge in [0.1, 0.15) is 11.5 Å². The lowest BCUT2D eigenvalue weighted by molar-refractivity contribution is -0.127. The molecular formula is C18H19ClN2O3. The number of phenols is 1. The molecule has 0 saturated heterocycles. The minimum Gasteiger partial charge on any atom is -0.507 e. The van der Waals surface area contributed by atoms with Crippen LogP contribution in [0.25, 0.3) is 0 Å². The number of amides is 1. The van der Waals surface area contributed by atoms with Crippen LogP contribution in [-0.4, -0.2) is 22.8 Å². The number of aromatic hydroxyl groups is 1. The second-order valence-electron chi connectivity index (χ2n) is 5.36. The summed E-state index contributed by atoms with van der Waals surface area (Å²) in [6.07, 6.45) is -0.730. The summed E-state index contributed by atoms with van der Waals surface area (Å²) in [6.45, 7) is 5.19. The highest BCUT2D eigenvalue weighted by atomic mass is 35.5. The molecule has 2 rings (SSSR count). The number of hydrogen-bond acceptors (Lipinski definition) is 4. The van der Waals surface area contributed by atoms with Crippen molar-refractivity contribution in [2.75, 3.05) is 0 Å². The Morgan fingerprint density at radius 3 is 2.67 bits per heavy atom. The highest BCUT2D eigenvalue weighted by Gasteiger charge is 2.15. The van der Waals surface area contributed by atoms with E-state index in [9.17, 15) is 9.90 Å². The van der Waals surface area contributed by atoms with Crippen molar-refractivity contribution < 1.29 is 14.6 Å². The van der Waals surface area contributed by atoms with Crippen molar-refractivity contribution in [2.24, 2.45) is 5.10 Å². The second-order valence-corrected chi connectivity index (χ2v) is 5.77. The average Bonchev–Trinajstić information content (AvgIpc) is 2.56. The van der Waals surface area contributed by atoms with Crippen LogP contribution in [0.1, 0.15) is 25.0 Å². The van der Waals surface area contributed by atoms with E-state index in [-0.39, 0.29) is 5.75 Å². The fraction of sp³-hybridized carbons (Fsp3) is 0.222. The summed E-state index contributed by atoms with van der Waals surface area (Å²) in [5.41, 5.74) is 4.36. The minimum absolute atomic E-state index is 0.105. The van der Waals surface area contributed by atoms with E-state index in [1.165, 1.54) is 0 Å². The SMILES string of the molecule is C/C(=N/NC(=O)[C@@H](C)Oc1ccc(Cl)c(C)c1)c1ccccc1O. The molecule has 0 radical (unpaired) electrons. The highest BCUT2D eigenvalue weighted by molar-refractivity contribution is 6.31. The van der Waals surface area contributed by atoms with Gasteiger partial charge in [0.15, 0.2) is 6.10 Å². The van der Waals surface area contributed by atoms with Crippen LogP contribution < -0.4 is 10.2 Å². The largest absolute Gasteiger partial charge is 0.507 e. The molecule has 0 heterocycles. The van der Waals surface area contributed by atoms with Crippen molar-refractivity contribution in [3.05, 3.63) is 58.6 Å². The lowest BCUT2D eigenvalue weighted by atomic mass is 10.1. The first-order chi connectivity index (χ1) is 11.4. The van der Waals surface area contributed by atoms with Gasteiger partial charge in [0, 0.05) is 10.6 Å². The Bertz CT molecular complexity index is 775. The van der Waals surface area contributed by atoms with Crippen molar-refractivity contribution in [3.63, 3.8) is 0 Å². The fourth-order valence-corrected chi connectivity index (χ4v) is 2.14. The Morgan fingerprint density at radius 1 is 1.29 bits per heavy atom. The number of nitrogens with zero attached hydrogens (tertiary/aromatic N) is 1. The van der Waals surface area contributed by atoms with Gasteiger partial charge in [0.25, 0.3) is 5.91 Å². The number of hydrogen-bond donors (Lipinski definition) is 2. The van der Waals surface area contributed by atoms with Crippen LogP contribution in [0.2, 0.25) is 5.02 Å². The molecule has 1 atom stereocenters. The zero-order valence-corrected chi connectivity index (χ0v) is 14.5. The number of nitrogens with one attached hydrogen (secondary N) is 1. The van der Waals surface area contributed by atoms with Gasteiger partial charge < -0.3 is 9.84 Å². The molecule has 0 aliphatic heterocycles. The van der Waals surface area contributed by atoms with E-state index in [0.29, 0.717) is 22.0 Å². The molecule has 2 aromatic carbocycles. The number of benzene rings is 2. The van der Waals surface area contributed by atoms with Gasteiger partial charge in [0.2, 0.25) is 0 Å². The predicted molar refractivity (Wildman–Crippen MR) is 94.7 cm³/mol. The number of para-hydroxylation sites is 1. The number of rotatable bonds is 5. The van der Waals surface area contributed by atoms with Crippen LogP contribution in [0.5, 0.6) is 11.5 Å². The van der Waals surface area contributed by atoms with Crippen molar-refractivity contribution in [3.8, 4) is 11.5 Å². The maximum atomic E-state index is 12.1. The van der Waals surface area contributed by atoms with Gasteiger partial charge >= 0.3 is 0 Å². The van der Waals surface area contributed by atoms with E-state index in [1.54, 1.807) is 56.3 Å². The van der Waals surface area contributed by atoms with Crippen LogP contribution >= 0.6 is 11.6 Å². The Kier molecular flexibility index (Phi) is 5.82. The number of halogens is 1. The van der Waals surface area contributed by atoms with Gasteiger partial charge in [0.05, 0.1) is 5.71 Å². The monoisotopic (exact) mass is 346 g/mol. The first-order valence-electron chi connectivity index (χ1n) is 7.44. The molecule has 24 heavy (non-hydrogen) atoms. The van der Waals surface area contributed by atoms with Gasteiger partial charge in [-0.25, -0.2) is 5.43 Å². The number of carbonyl (C=O) groups excluding carboxylic acids is 1. The summed E-state index contributed by atoms with van der Waals surface area (Å²) in [5, 5.41) is 14.4. The van der Waals surface area contributed by atoms with Crippen LogP contribution in [0.3, 0.4) is 0 Å². The van der Waals surface area contributed by atoms with Crippen LogP contribution in [0.15, 0.2) is 47.6 Å². The maximum absolute atomic E-state index is 12.1. The number of ether oxygens (including phenoxy) is 1. The first-order valence-corrected chi connectivity index (χ1v) is 7.81. The molecule has 0 aromatic heterocycles. The molecule has 0 bridgehead atoms. The minimum atomic E-state index is -0.730. The van der Waals surface area contributed by atoms with E-state index in [4.69, 9.17) is 16.3 Å². The van der Waals surface area contributed by atoms with Crippen molar-refractivity contribution in [2.45, 2.75) is 26.9 Å². The summed E-state index contributed by atoms with van der Waals surface area (Å²) in [4.78, 5) is 12.1. The van der Waals surface area contributed by atoms with Crippen LogP contribution in [0, 0.1) is 6.92 Å². The smallest absolute Gasteiger partial charge is 0.280 e. The normalized spacial score (nSPS) is 12.6. The van der Waals surface area contributed by atoms with Crippen molar-refractivity contribution >= 4 is 23.2 Å². The molecule has 0 spiro atoms. The van der Waals surface area contributed by atoms with Gasteiger partial charge in [-0.05, 0) is 56.7 Å². The zero-order valence-electron chi connectivity index (χ0n) is 13.7. The average molecular weight is 347 g/mol. The summed E-state index contributed by atoms with van der Waals surface area (Å²) < 4.78 is 5.58. The summed E-state index contributed by atoms with van der Waals surface area (Å²) in [6, 6.07) is 12.0. The first kappa shape index (κ1) is 17.8. The summed E-state index contributed by atoms with van der Waals surface area (Å²) in [7, 11) is 0. The Hall–Kier alpha value is -2.53. The molecule has 126 valence electrons. The molecule has 0 unspecified atom stereocenters. The third kappa shape index (κ3) is 4.49. The fourth-order valence-electron chi connectivity index (χ4n) is 2.02. The summed E-state index contributed by atoms with van der Waals surface area (Å²) >= 11 is 5.96. The predicted octanol–water partition coefficient (Wildman–Crippen LogP) is 3.66. The number of hydrazone groups is 1. The van der Waals surface area contributed by atoms with Crippen molar-refractivity contribution in [1.29, 1.82) is 0 Å². The van der Waals surface area contributed by atoms with Gasteiger partial charge in [-0.15, -0.1) is 0 Å². The molecule has 0 fully saturated rings. The Labute approximate surface area is 145 Å². The quantitative estimate of drug-likeness (QED) is 0.641. The van der Waals surface area contributed by atoms with Crippen LogP contribution in [-0.2, 0) is 4.79 Å². The van der Waals surface area contributed by atoms with E-state index in [2.05, 4.69) is 10.5 Å². The topological polar surface area (TPSA) is 70.9 Å². The number of aryl methyl sites for hydroxylation is 1. The third-order valence-corrected chi connectivity index (χ3v) is 3.86. The van der Waals surface area contributed by atoms with Gasteiger partial charge in [-0.3, -0.25) is 4.79 Å². The standard InChI is InChI=1S/C18H19ClN2O3/c1-11-10-14(8-9-16(11)19)24-13(3)18(23)21-20-12(2)15-6-4-5-7-17(15)22/h4-10,13,22H,1-3H3,(H,21,23)/b20-12-/t13-/m1/s1. The van der Waals surface area contributed by atoms with E-state index in [0.717, 1.165) is 5.56 Å². The second kappa shape index (κ2) is 7.84. The van der Waals surface area contributed by atoms with Gasteiger partial charge in [-0.1, -0.05) is 23.7 Å². The zero-order chi connectivity index (χ0) is 17.7. The van der Waals surface area contributed by atoms with E-state index in [1.807, 2.05) is 6.92 Å². The number of carbonyl (C=O) groups is 1. The molecule has 2 aromatic rings. The third-order valence-electron chi connectivity index (χ3n) is 3.44. The van der Waals surface area contributed by atoms with Crippen molar-refractivity contribution in [1.82, 2.24) is 5.43 Å². The molecule has 2 N–H and O–H groups in total. The van der Waals surface area contributed by atoms with E-state index < -0.39 is 12.0 Å².